The van der Waals surface area contributed by atoms with Crippen LogP contribution in [0.1, 0.15) is 11.7 Å². The molecule has 3 rings (SSSR count). The largest absolute Gasteiger partial charge is 0.495 e. The molecule has 0 aliphatic rings. The number of sulfonamides is 1. The zero-order chi connectivity index (χ0) is 18.0. The van der Waals surface area contributed by atoms with Crippen LogP contribution in [-0.2, 0) is 10.0 Å². The molecule has 0 unspecified atom stereocenters. The Morgan fingerprint density at radius 2 is 2.04 bits per heavy atom. The van der Waals surface area contributed by atoms with Gasteiger partial charge in [0.1, 0.15) is 10.6 Å². The molecule has 0 radical (unpaired) electrons. The summed E-state index contributed by atoms with van der Waals surface area (Å²) in [7, 11) is -2.50. The number of halogens is 1. The first-order valence-corrected chi connectivity index (χ1v) is 10.1. The molecule has 0 bridgehead atoms. The maximum Gasteiger partial charge on any atom is 0.244 e. The van der Waals surface area contributed by atoms with Gasteiger partial charge in [0.15, 0.2) is 0 Å². The van der Waals surface area contributed by atoms with Gasteiger partial charge in [-0.15, -0.1) is 11.3 Å². The summed E-state index contributed by atoms with van der Waals surface area (Å²) in [6, 6.07) is 12.0. The van der Waals surface area contributed by atoms with E-state index in [0.29, 0.717) is 5.56 Å². The number of aliphatic hydroxyl groups excluding tert-OH is 1. The van der Waals surface area contributed by atoms with E-state index in [9.17, 15) is 13.5 Å². The van der Waals surface area contributed by atoms with E-state index in [4.69, 9.17) is 16.3 Å². The van der Waals surface area contributed by atoms with Crippen molar-refractivity contribution < 1.29 is 18.3 Å². The van der Waals surface area contributed by atoms with Gasteiger partial charge >= 0.3 is 0 Å². The number of nitrogens with one attached hydrogen (secondary N) is 1. The summed E-state index contributed by atoms with van der Waals surface area (Å²) in [5.74, 6) is 0.187. The van der Waals surface area contributed by atoms with Crippen molar-refractivity contribution in [3.05, 3.63) is 58.4 Å². The minimum atomic E-state index is -3.88. The number of ether oxygens (including phenoxy) is 1. The van der Waals surface area contributed by atoms with E-state index in [0.717, 1.165) is 10.1 Å². The van der Waals surface area contributed by atoms with Crippen LogP contribution < -0.4 is 9.46 Å². The Morgan fingerprint density at radius 3 is 2.80 bits per heavy atom. The lowest BCUT2D eigenvalue weighted by Gasteiger charge is -2.14. The van der Waals surface area contributed by atoms with Crippen molar-refractivity contribution >= 4 is 43.0 Å². The first kappa shape index (κ1) is 18.2. The summed E-state index contributed by atoms with van der Waals surface area (Å²) < 4.78 is 33.6. The third-order valence-electron chi connectivity index (χ3n) is 3.75. The molecule has 1 aromatic heterocycles. The summed E-state index contributed by atoms with van der Waals surface area (Å²) in [5, 5.41) is 13.5. The molecule has 0 aliphatic carbocycles. The predicted octanol–water partition coefficient (Wildman–Crippen LogP) is 3.58. The monoisotopic (exact) mass is 397 g/mol. The SMILES string of the molecule is COc1ccc(Cl)cc1S(=O)(=O)NC[C@H](O)c1csc2ccccc12. The van der Waals surface area contributed by atoms with Crippen molar-refractivity contribution in [3.63, 3.8) is 0 Å². The zero-order valence-electron chi connectivity index (χ0n) is 13.3. The third-order valence-corrected chi connectivity index (χ3v) is 6.41. The highest BCUT2D eigenvalue weighted by atomic mass is 35.5. The highest BCUT2D eigenvalue weighted by molar-refractivity contribution is 7.89. The van der Waals surface area contributed by atoms with Gasteiger partial charge in [0.25, 0.3) is 0 Å². The Balaban J connectivity index is 1.82. The molecule has 0 spiro atoms. The summed E-state index contributed by atoms with van der Waals surface area (Å²) in [6.07, 6.45) is -0.962. The highest BCUT2D eigenvalue weighted by Gasteiger charge is 2.22. The normalized spacial score (nSPS) is 13.1. The molecule has 0 aliphatic heterocycles. The van der Waals surface area contributed by atoms with Gasteiger partial charge < -0.3 is 9.84 Å². The second-order valence-corrected chi connectivity index (χ2v) is 8.43. The fraction of sp³-hybridized carbons (Fsp3) is 0.176. The van der Waals surface area contributed by atoms with Crippen LogP contribution >= 0.6 is 22.9 Å². The molecule has 25 heavy (non-hydrogen) atoms. The molecule has 2 aromatic carbocycles. The number of fused-ring (bicyclic) bond motifs is 1. The standard InChI is InChI=1S/C17H16ClNO4S2/c1-23-15-7-6-11(18)8-17(15)25(21,22)19-9-14(20)13-10-24-16-5-3-2-4-12(13)16/h2-8,10,14,19-20H,9H2,1H3/t14-/m0/s1. The summed E-state index contributed by atoms with van der Waals surface area (Å²) in [6.45, 7) is -0.154. The lowest BCUT2D eigenvalue weighted by molar-refractivity contribution is 0.184. The third kappa shape index (κ3) is 3.80. The fourth-order valence-electron chi connectivity index (χ4n) is 2.49. The summed E-state index contributed by atoms with van der Waals surface area (Å²) >= 11 is 7.40. The number of rotatable bonds is 6. The number of aliphatic hydroxyl groups is 1. The van der Waals surface area contributed by atoms with Crippen LogP contribution in [-0.4, -0.2) is 27.2 Å². The minimum Gasteiger partial charge on any atom is -0.495 e. The first-order chi connectivity index (χ1) is 11.9. The topological polar surface area (TPSA) is 75.6 Å². The number of hydrogen-bond acceptors (Lipinski definition) is 5. The molecule has 132 valence electrons. The van der Waals surface area contributed by atoms with Crippen LogP contribution in [0.2, 0.25) is 5.02 Å². The molecule has 2 N–H and O–H groups in total. The molecule has 1 atom stereocenters. The van der Waals surface area contributed by atoms with Crippen molar-refractivity contribution in [2.75, 3.05) is 13.7 Å². The maximum atomic E-state index is 12.5. The molecular formula is C17H16ClNO4S2. The molecule has 0 saturated carbocycles. The number of thiophene rings is 1. The molecule has 0 fully saturated rings. The molecular weight excluding hydrogens is 382 g/mol. The van der Waals surface area contributed by atoms with Gasteiger partial charge in [-0.25, -0.2) is 13.1 Å². The number of benzene rings is 2. The lowest BCUT2D eigenvalue weighted by Crippen LogP contribution is -2.28. The van der Waals surface area contributed by atoms with Gasteiger partial charge in [0.05, 0.1) is 13.2 Å². The van der Waals surface area contributed by atoms with Gasteiger partial charge in [-0.3, -0.25) is 0 Å². The zero-order valence-corrected chi connectivity index (χ0v) is 15.7. The first-order valence-electron chi connectivity index (χ1n) is 7.40. The van der Waals surface area contributed by atoms with Gasteiger partial charge in [0.2, 0.25) is 10.0 Å². The Labute approximate surface area is 154 Å². The van der Waals surface area contributed by atoms with Gasteiger partial charge in [0, 0.05) is 21.8 Å². The molecule has 3 aromatic rings. The van der Waals surface area contributed by atoms with E-state index < -0.39 is 16.1 Å². The average Bonchev–Trinajstić information content (AvgIpc) is 3.04. The summed E-state index contributed by atoms with van der Waals surface area (Å²) in [5.41, 5.74) is 0.696. The Bertz CT molecular complexity index is 1000. The van der Waals surface area contributed by atoms with Crippen molar-refractivity contribution in [1.82, 2.24) is 4.72 Å². The van der Waals surface area contributed by atoms with Gasteiger partial charge in [-0.1, -0.05) is 29.8 Å². The fourth-order valence-corrected chi connectivity index (χ4v) is 4.97. The van der Waals surface area contributed by atoms with Crippen LogP contribution in [0, 0.1) is 0 Å². The van der Waals surface area contributed by atoms with Crippen LogP contribution in [0.15, 0.2) is 52.7 Å². The highest BCUT2D eigenvalue weighted by Crippen LogP contribution is 2.31. The minimum absolute atomic E-state index is 0.0649. The predicted molar refractivity (Wildman–Crippen MR) is 100.0 cm³/mol. The van der Waals surface area contributed by atoms with Crippen molar-refractivity contribution in [1.29, 1.82) is 0 Å². The Hall–Kier alpha value is -1.64. The van der Waals surface area contributed by atoms with E-state index >= 15 is 0 Å². The number of methoxy groups -OCH3 is 1. The van der Waals surface area contributed by atoms with E-state index in [1.54, 1.807) is 6.07 Å². The van der Waals surface area contributed by atoms with Crippen molar-refractivity contribution in [2.45, 2.75) is 11.0 Å². The molecule has 0 saturated heterocycles. The van der Waals surface area contributed by atoms with Gasteiger partial charge in [-0.05, 0) is 35.0 Å². The lowest BCUT2D eigenvalue weighted by atomic mass is 10.1. The Kier molecular flexibility index (Phi) is 5.31. The number of hydrogen-bond donors (Lipinski definition) is 2. The smallest absolute Gasteiger partial charge is 0.244 e. The van der Waals surface area contributed by atoms with E-state index in [1.165, 1.54) is 30.6 Å². The van der Waals surface area contributed by atoms with E-state index in [1.807, 2.05) is 29.6 Å². The molecule has 0 amide bonds. The Morgan fingerprint density at radius 1 is 1.28 bits per heavy atom. The van der Waals surface area contributed by atoms with Crippen LogP contribution in [0.4, 0.5) is 0 Å². The average molecular weight is 398 g/mol. The summed E-state index contributed by atoms with van der Waals surface area (Å²) in [4.78, 5) is -0.0649. The van der Waals surface area contributed by atoms with Crippen LogP contribution in [0.25, 0.3) is 10.1 Å². The molecule has 1 heterocycles. The molecule has 8 heteroatoms. The van der Waals surface area contributed by atoms with Crippen molar-refractivity contribution in [2.24, 2.45) is 0 Å². The van der Waals surface area contributed by atoms with Crippen LogP contribution in [0.5, 0.6) is 5.75 Å². The van der Waals surface area contributed by atoms with Crippen molar-refractivity contribution in [3.8, 4) is 5.75 Å². The van der Waals surface area contributed by atoms with E-state index in [2.05, 4.69) is 4.72 Å². The second-order valence-electron chi connectivity index (χ2n) is 5.35. The molecule has 5 nitrogen and oxygen atoms in total. The maximum absolute atomic E-state index is 12.5. The van der Waals surface area contributed by atoms with E-state index in [-0.39, 0.29) is 22.2 Å². The van der Waals surface area contributed by atoms with Crippen LogP contribution in [0.3, 0.4) is 0 Å². The second kappa shape index (κ2) is 7.31. The quantitative estimate of drug-likeness (QED) is 0.666. The van der Waals surface area contributed by atoms with Gasteiger partial charge in [-0.2, -0.15) is 0 Å².